The van der Waals surface area contributed by atoms with Gasteiger partial charge in [0, 0.05) is 0 Å². The first-order valence-electron chi connectivity index (χ1n) is 5.59. The fourth-order valence-corrected chi connectivity index (χ4v) is 2.03. The number of aromatic nitrogens is 3. The first-order chi connectivity index (χ1) is 8.54. The molecule has 18 heavy (non-hydrogen) atoms. The van der Waals surface area contributed by atoms with Crippen molar-refractivity contribution in [3.63, 3.8) is 0 Å². The third-order valence-electron chi connectivity index (χ3n) is 2.92. The third-order valence-corrected chi connectivity index (χ3v) is 3.66. The summed E-state index contributed by atoms with van der Waals surface area (Å²) in [5.41, 5.74) is 2.75. The van der Waals surface area contributed by atoms with Crippen LogP contribution in [0.3, 0.4) is 0 Å². The van der Waals surface area contributed by atoms with Crippen molar-refractivity contribution in [3.8, 4) is 5.69 Å². The molecule has 0 aliphatic carbocycles. The summed E-state index contributed by atoms with van der Waals surface area (Å²) >= 11 is 11.9. The lowest BCUT2D eigenvalue weighted by atomic mass is 10.2. The van der Waals surface area contributed by atoms with Crippen molar-refractivity contribution < 1.29 is 0 Å². The van der Waals surface area contributed by atoms with Crippen LogP contribution >= 0.6 is 23.2 Å². The van der Waals surface area contributed by atoms with Gasteiger partial charge in [0.15, 0.2) is 0 Å². The van der Waals surface area contributed by atoms with Crippen molar-refractivity contribution in [2.24, 2.45) is 0 Å². The molecule has 96 valence electrons. The fourth-order valence-electron chi connectivity index (χ4n) is 1.74. The maximum atomic E-state index is 6.01. The summed E-state index contributed by atoms with van der Waals surface area (Å²) in [5.74, 6) is 0. The summed E-state index contributed by atoms with van der Waals surface area (Å²) < 4.78 is 1.76. The standard InChI is InChI=1S/C12H14Cl2N4/c1-7(15-3)12-8(2)18(17-16-12)9-4-5-10(13)11(14)6-9/h4-7,15H,1-3H3. The van der Waals surface area contributed by atoms with E-state index in [1.54, 1.807) is 16.8 Å². The third kappa shape index (κ3) is 2.36. The lowest BCUT2D eigenvalue weighted by molar-refractivity contribution is 0.627. The molecule has 1 aromatic carbocycles. The van der Waals surface area contributed by atoms with Crippen molar-refractivity contribution in [1.29, 1.82) is 0 Å². The Kier molecular flexibility index (Phi) is 3.90. The van der Waals surface area contributed by atoms with Crippen LogP contribution < -0.4 is 5.32 Å². The molecule has 0 bridgehead atoms. The van der Waals surface area contributed by atoms with Gasteiger partial charge in [-0.05, 0) is 39.1 Å². The van der Waals surface area contributed by atoms with Crippen molar-refractivity contribution in [1.82, 2.24) is 20.3 Å². The molecular formula is C12H14Cl2N4. The number of hydrogen-bond donors (Lipinski definition) is 1. The largest absolute Gasteiger partial charge is 0.312 e. The van der Waals surface area contributed by atoms with Crippen LogP contribution in [0.4, 0.5) is 0 Å². The van der Waals surface area contributed by atoms with Crippen LogP contribution in [0, 0.1) is 6.92 Å². The van der Waals surface area contributed by atoms with Crippen LogP contribution in [0.1, 0.15) is 24.4 Å². The molecule has 0 fully saturated rings. The van der Waals surface area contributed by atoms with Gasteiger partial charge in [-0.2, -0.15) is 0 Å². The van der Waals surface area contributed by atoms with Crippen molar-refractivity contribution in [3.05, 3.63) is 39.6 Å². The monoisotopic (exact) mass is 284 g/mol. The Bertz CT molecular complexity index is 565. The van der Waals surface area contributed by atoms with E-state index < -0.39 is 0 Å². The van der Waals surface area contributed by atoms with Gasteiger partial charge in [-0.15, -0.1) is 5.10 Å². The molecule has 0 saturated heterocycles. The Morgan fingerprint density at radius 2 is 2.00 bits per heavy atom. The highest BCUT2D eigenvalue weighted by Crippen LogP contribution is 2.25. The predicted molar refractivity (Wildman–Crippen MR) is 73.6 cm³/mol. The highest BCUT2D eigenvalue weighted by atomic mass is 35.5. The van der Waals surface area contributed by atoms with Gasteiger partial charge >= 0.3 is 0 Å². The number of rotatable bonds is 3. The van der Waals surface area contributed by atoms with E-state index in [9.17, 15) is 0 Å². The fraction of sp³-hybridized carbons (Fsp3) is 0.333. The Morgan fingerprint density at radius 1 is 1.28 bits per heavy atom. The molecule has 0 saturated carbocycles. The second-order valence-corrected chi connectivity index (χ2v) is 4.90. The van der Waals surface area contributed by atoms with Gasteiger partial charge in [0.1, 0.15) is 5.69 Å². The molecule has 0 spiro atoms. The van der Waals surface area contributed by atoms with Crippen LogP contribution in [-0.2, 0) is 0 Å². The summed E-state index contributed by atoms with van der Waals surface area (Å²) in [6.07, 6.45) is 0. The second-order valence-electron chi connectivity index (χ2n) is 4.08. The average Bonchev–Trinajstić information content (AvgIpc) is 2.74. The maximum absolute atomic E-state index is 6.01. The molecule has 1 aromatic heterocycles. The molecule has 0 amide bonds. The van der Waals surface area contributed by atoms with Gasteiger partial charge in [0.25, 0.3) is 0 Å². The van der Waals surface area contributed by atoms with Gasteiger partial charge in [0.2, 0.25) is 0 Å². The molecule has 4 nitrogen and oxygen atoms in total. The van der Waals surface area contributed by atoms with Crippen molar-refractivity contribution in [2.75, 3.05) is 7.05 Å². The van der Waals surface area contributed by atoms with E-state index >= 15 is 0 Å². The Hall–Kier alpha value is -1.10. The minimum absolute atomic E-state index is 0.154. The van der Waals surface area contributed by atoms with Gasteiger partial charge in [-0.25, -0.2) is 4.68 Å². The summed E-state index contributed by atoms with van der Waals surface area (Å²) in [4.78, 5) is 0. The predicted octanol–water partition coefficient (Wildman–Crippen LogP) is 3.16. The Labute approximate surface area is 116 Å². The lowest BCUT2D eigenvalue weighted by Gasteiger charge is -2.08. The summed E-state index contributed by atoms with van der Waals surface area (Å²) in [7, 11) is 1.89. The van der Waals surface area contributed by atoms with Crippen LogP contribution in [0.2, 0.25) is 10.0 Å². The molecule has 6 heteroatoms. The summed E-state index contributed by atoms with van der Waals surface area (Å²) in [6.45, 7) is 4.02. The van der Waals surface area contributed by atoms with E-state index in [0.29, 0.717) is 10.0 Å². The highest BCUT2D eigenvalue weighted by Gasteiger charge is 2.15. The van der Waals surface area contributed by atoms with E-state index in [0.717, 1.165) is 17.1 Å². The van der Waals surface area contributed by atoms with Crippen molar-refractivity contribution in [2.45, 2.75) is 19.9 Å². The van der Waals surface area contributed by atoms with E-state index in [2.05, 4.69) is 15.6 Å². The molecule has 1 atom stereocenters. The van der Waals surface area contributed by atoms with Crippen LogP contribution in [0.25, 0.3) is 5.69 Å². The quantitative estimate of drug-likeness (QED) is 0.942. The summed E-state index contributed by atoms with van der Waals surface area (Å²) in [5, 5.41) is 12.5. The molecule has 1 heterocycles. The number of benzene rings is 1. The molecule has 0 aliphatic rings. The molecule has 2 rings (SSSR count). The molecule has 0 radical (unpaired) electrons. The minimum atomic E-state index is 0.154. The van der Waals surface area contributed by atoms with E-state index in [1.165, 1.54) is 0 Å². The maximum Gasteiger partial charge on any atom is 0.103 e. The van der Waals surface area contributed by atoms with E-state index in [-0.39, 0.29) is 6.04 Å². The number of nitrogens with zero attached hydrogens (tertiary/aromatic N) is 3. The van der Waals surface area contributed by atoms with Crippen molar-refractivity contribution >= 4 is 23.2 Å². The topological polar surface area (TPSA) is 42.7 Å². The Balaban J connectivity index is 2.45. The minimum Gasteiger partial charge on any atom is -0.312 e. The zero-order valence-electron chi connectivity index (χ0n) is 10.4. The van der Waals surface area contributed by atoms with Crippen LogP contribution in [0.5, 0.6) is 0 Å². The van der Waals surface area contributed by atoms with E-state index in [4.69, 9.17) is 23.2 Å². The zero-order chi connectivity index (χ0) is 13.3. The van der Waals surface area contributed by atoms with Gasteiger partial charge in [0.05, 0.1) is 27.5 Å². The average molecular weight is 285 g/mol. The first kappa shape index (κ1) is 13.3. The zero-order valence-corrected chi connectivity index (χ0v) is 11.9. The molecular weight excluding hydrogens is 271 g/mol. The lowest BCUT2D eigenvalue weighted by Crippen LogP contribution is -2.14. The summed E-state index contributed by atoms with van der Waals surface area (Å²) in [6, 6.07) is 5.55. The van der Waals surface area contributed by atoms with E-state index in [1.807, 2.05) is 27.0 Å². The van der Waals surface area contributed by atoms with Gasteiger partial charge in [-0.1, -0.05) is 28.4 Å². The normalized spacial score (nSPS) is 12.7. The molecule has 0 aliphatic heterocycles. The second kappa shape index (κ2) is 5.26. The number of halogens is 2. The smallest absolute Gasteiger partial charge is 0.103 e. The molecule has 1 unspecified atom stereocenters. The van der Waals surface area contributed by atoms with Crippen LogP contribution in [-0.4, -0.2) is 22.0 Å². The Morgan fingerprint density at radius 3 is 2.61 bits per heavy atom. The van der Waals surface area contributed by atoms with Crippen LogP contribution in [0.15, 0.2) is 18.2 Å². The van der Waals surface area contributed by atoms with Gasteiger partial charge < -0.3 is 5.32 Å². The highest BCUT2D eigenvalue weighted by molar-refractivity contribution is 6.42. The molecule has 1 N–H and O–H groups in total. The number of hydrogen-bond acceptors (Lipinski definition) is 3. The number of nitrogens with one attached hydrogen (secondary N) is 1. The van der Waals surface area contributed by atoms with Gasteiger partial charge in [-0.3, -0.25) is 0 Å². The SMILES string of the molecule is CNC(C)c1nnn(-c2ccc(Cl)c(Cl)c2)c1C. The first-order valence-corrected chi connectivity index (χ1v) is 6.35. The molecule has 2 aromatic rings.